The first kappa shape index (κ1) is 38.1. The Kier molecular flexibility index (Phi) is 15.5. The van der Waals surface area contributed by atoms with Gasteiger partial charge in [0.05, 0.1) is 17.5 Å². The highest BCUT2D eigenvalue weighted by atomic mass is 35.5. The van der Waals surface area contributed by atoms with Crippen LogP contribution in [0.2, 0.25) is 5.02 Å². The van der Waals surface area contributed by atoms with Gasteiger partial charge in [-0.15, -0.1) is 0 Å². The Labute approximate surface area is 277 Å². The number of benzene rings is 2. The molecule has 10 heteroatoms. The fourth-order valence-corrected chi connectivity index (χ4v) is 4.69. The molecular weight excluding hydrogens is 608 g/mol. The second kappa shape index (κ2) is 18.8. The summed E-state index contributed by atoms with van der Waals surface area (Å²) < 4.78 is 10.5. The third-order valence-electron chi connectivity index (χ3n) is 7.23. The van der Waals surface area contributed by atoms with Gasteiger partial charge in [-0.25, -0.2) is 4.79 Å². The molecule has 0 spiro atoms. The normalized spacial score (nSPS) is 13.7. The maximum atomic E-state index is 13.4. The van der Waals surface area contributed by atoms with Gasteiger partial charge in [-0.1, -0.05) is 87.0 Å². The van der Waals surface area contributed by atoms with Gasteiger partial charge in [-0.2, -0.15) is 0 Å². The maximum Gasteiger partial charge on any atom is 0.345 e. The molecule has 0 saturated heterocycles. The zero-order valence-corrected chi connectivity index (χ0v) is 28.3. The Hall–Kier alpha value is -4.11. The number of carbonyl (C=O) groups excluding carboxylic acids is 3. The number of carbonyl (C=O) groups is 4. The average molecular weight is 655 g/mol. The summed E-state index contributed by atoms with van der Waals surface area (Å²) in [6.07, 6.45) is 7.91. The zero-order valence-electron chi connectivity index (χ0n) is 27.5. The fourth-order valence-electron chi connectivity index (χ4n) is 4.41. The van der Waals surface area contributed by atoms with Crippen LogP contribution in [0.3, 0.4) is 0 Å². The van der Waals surface area contributed by atoms with Crippen LogP contribution in [0.4, 0.5) is 0 Å². The molecule has 3 N–H and O–H groups in total. The van der Waals surface area contributed by atoms with E-state index in [1.165, 1.54) is 13.2 Å². The van der Waals surface area contributed by atoms with Gasteiger partial charge >= 0.3 is 11.9 Å². The van der Waals surface area contributed by atoms with Gasteiger partial charge in [0.1, 0.15) is 11.8 Å². The summed E-state index contributed by atoms with van der Waals surface area (Å²) in [5.41, 5.74) is 0.581. The summed E-state index contributed by atoms with van der Waals surface area (Å²) in [7, 11) is 1.50. The molecule has 46 heavy (non-hydrogen) atoms. The van der Waals surface area contributed by atoms with E-state index in [-0.39, 0.29) is 25.3 Å². The van der Waals surface area contributed by atoms with Gasteiger partial charge in [0.15, 0.2) is 6.10 Å². The predicted molar refractivity (Wildman–Crippen MR) is 180 cm³/mol. The van der Waals surface area contributed by atoms with Crippen molar-refractivity contribution in [3.05, 3.63) is 82.9 Å². The quantitative estimate of drug-likeness (QED) is 0.128. The van der Waals surface area contributed by atoms with E-state index in [4.69, 9.17) is 21.1 Å². The highest BCUT2D eigenvalue weighted by molar-refractivity contribution is 6.32. The summed E-state index contributed by atoms with van der Waals surface area (Å²) in [6, 6.07) is 14.1. The number of aliphatic carboxylic acids is 1. The van der Waals surface area contributed by atoms with E-state index >= 15 is 0 Å². The van der Waals surface area contributed by atoms with Crippen LogP contribution < -0.4 is 15.4 Å². The Balaban J connectivity index is 2.06. The van der Waals surface area contributed by atoms with Crippen molar-refractivity contribution in [2.75, 3.05) is 13.7 Å². The number of esters is 1. The van der Waals surface area contributed by atoms with Gasteiger partial charge in [0.2, 0.25) is 11.8 Å². The van der Waals surface area contributed by atoms with Crippen molar-refractivity contribution in [2.24, 2.45) is 17.3 Å². The number of ether oxygens (including phenoxy) is 2. The summed E-state index contributed by atoms with van der Waals surface area (Å²) in [6.45, 7) is 8.74. The maximum absolute atomic E-state index is 13.4. The number of carboxylic acids is 1. The van der Waals surface area contributed by atoms with Crippen LogP contribution in [-0.4, -0.2) is 54.7 Å². The third-order valence-corrected chi connectivity index (χ3v) is 7.53. The Bertz CT molecular complexity index is 1370. The van der Waals surface area contributed by atoms with E-state index in [1.54, 1.807) is 38.1 Å². The van der Waals surface area contributed by atoms with Gasteiger partial charge in [0, 0.05) is 13.0 Å². The van der Waals surface area contributed by atoms with Crippen LogP contribution in [0.5, 0.6) is 5.75 Å². The molecule has 0 aliphatic rings. The standard InChI is InChI=1S/C36H47ClN2O7/c1-24(2)20-31(34(42)43)46-35(44)36(4,5)23-38-33(41)29(22-27-18-19-30(45-6)28(37)21-27)39-32(40)15-11-10-12-25(3)16-17-26-13-8-7-9-14-26/h7-9,11,13-19,21,24-25,29,31H,10,12,20,22-23H2,1-6H3,(H,38,41)(H,39,40)(H,42,43)/b15-11+,17-16+/t25?,29-,31?/m1/s1. The number of carboxylic acid groups (broad SMARTS) is 1. The second-order valence-electron chi connectivity index (χ2n) is 12.4. The van der Waals surface area contributed by atoms with Crippen LogP contribution in [0.15, 0.2) is 66.8 Å². The van der Waals surface area contributed by atoms with E-state index in [9.17, 15) is 24.3 Å². The van der Waals surface area contributed by atoms with Crippen LogP contribution in [0.1, 0.15) is 65.0 Å². The molecule has 0 heterocycles. The predicted octanol–water partition coefficient (Wildman–Crippen LogP) is 6.25. The van der Waals surface area contributed by atoms with Crippen molar-refractivity contribution in [2.45, 2.75) is 72.4 Å². The van der Waals surface area contributed by atoms with E-state index in [0.29, 0.717) is 28.7 Å². The van der Waals surface area contributed by atoms with Crippen molar-refractivity contribution >= 4 is 41.4 Å². The first-order valence-electron chi connectivity index (χ1n) is 15.5. The molecule has 2 unspecified atom stereocenters. The molecule has 2 amide bonds. The highest BCUT2D eigenvalue weighted by Crippen LogP contribution is 2.26. The van der Waals surface area contributed by atoms with E-state index in [0.717, 1.165) is 12.0 Å². The van der Waals surface area contributed by atoms with E-state index in [1.807, 2.05) is 44.2 Å². The number of hydrogen-bond acceptors (Lipinski definition) is 6. The number of halogens is 1. The van der Waals surface area contributed by atoms with Gasteiger partial charge in [0.25, 0.3) is 0 Å². The number of methoxy groups -OCH3 is 1. The molecule has 9 nitrogen and oxygen atoms in total. The fraction of sp³-hybridized carbons (Fsp3) is 0.444. The lowest BCUT2D eigenvalue weighted by molar-refractivity contribution is -0.171. The molecule has 2 rings (SSSR count). The van der Waals surface area contributed by atoms with Crippen LogP contribution in [0, 0.1) is 17.3 Å². The van der Waals surface area contributed by atoms with Crippen molar-refractivity contribution in [1.82, 2.24) is 10.6 Å². The molecule has 0 radical (unpaired) electrons. The number of allylic oxidation sites excluding steroid dienone is 2. The number of nitrogens with one attached hydrogen (secondary N) is 2. The summed E-state index contributed by atoms with van der Waals surface area (Å²) in [5.74, 6) is -2.16. The summed E-state index contributed by atoms with van der Waals surface area (Å²) >= 11 is 6.29. The first-order chi connectivity index (χ1) is 21.7. The smallest absolute Gasteiger partial charge is 0.345 e. The van der Waals surface area contributed by atoms with Crippen molar-refractivity contribution in [3.8, 4) is 5.75 Å². The van der Waals surface area contributed by atoms with Crippen molar-refractivity contribution in [1.29, 1.82) is 0 Å². The molecule has 0 aromatic heterocycles. The Morgan fingerprint density at radius 2 is 1.74 bits per heavy atom. The van der Waals surface area contributed by atoms with Gasteiger partial charge < -0.3 is 25.2 Å². The van der Waals surface area contributed by atoms with Crippen LogP contribution >= 0.6 is 11.6 Å². The minimum absolute atomic E-state index is 0.00136. The molecule has 0 fully saturated rings. The second-order valence-corrected chi connectivity index (χ2v) is 12.8. The van der Waals surface area contributed by atoms with Crippen molar-refractivity contribution < 1.29 is 33.8 Å². The van der Waals surface area contributed by atoms with Crippen LogP contribution in [-0.2, 0) is 30.3 Å². The van der Waals surface area contributed by atoms with Crippen molar-refractivity contribution in [3.63, 3.8) is 0 Å². The summed E-state index contributed by atoms with van der Waals surface area (Å²) in [4.78, 5) is 50.7. The molecule has 0 bridgehead atoms. The first-order valence-corrected chi connectivity index (χ1v) is 15.8. The average Bonchev–Trinajstić information content (AvgIpc) is 3.00. The number of hydrogen-bond donors (Lipinski definition) is 3. The van der Waals surface area contributed by atoms with Gasteiger partial charge in [-0.05, 0) is 74.3 Å². The lowest BCUT2D eigenvalue weighted by atomic mass is 9.93. The molecule has 0 aliphatic heterocycles. The van der Waals surface area contributed by atoms with E-state index < -0.39 is 41.3 Å². The molecule has 0 aliphatic carbocycles. The molecule has 2 aromatic carbocycles. The lowest BCUT2D eigenvalue weighted by Crippen LogP contribution is -2.51. The molecule has 2 aromatic rings. The largest absolute Gasteiger partial charge is 0.495 e. The summed E-state index contributed by atoms with van der Waals surface area (Å²) in [5, 5.41) is 15.3. The molecule has 3 atom stereocenters. The zero-order chi connectivity index (χ0) is 34.3. The number of rotatable bonds is 18. The monoisotopic (exact) mass is 654 g/mol. The highest BCUT2D eigenvalue weighted by Gasteiger charge is 2.35. The molecular formula is C36H47ClN2O7. The van der Waals surface area contributed by atoms with Crippen LogP contribution in [0.25, 0.3) is 6.08 Å². The third kappa shape index (κ3) is 13.5. The Morgan fingerprint density at radius 3 is 2.35 bits per heavy atom. The number of amides is 2. The molecule has 0 saturated carbocycles. The van der Waals surface area contributed by atoms with Gasteiger partial charge in [-0.3, -0.25) is 14.4 Å². The molecule has 250 valence electrons. The Morgan fingerprint density at radius 1 is 1.04 bits per heavy atom. The van der Waals surface area contributed by atoms with E-state index in [2.05, 4.69) is 29.7 Å². The minimum atomic E-state index is -1.29. The lowest BCUT2D eigenvalue weighted by Gasteiger charge is -2.27. The minimum Gasteiger partial charge on any atom is -0.495 e. The topological polar surface area (TPSA) is 131 Å². The SMILES string of the molecule is COc1ccc(C[C@@H](NC(=O)/C=C/CCC(C)/C=C/c2ccccc2)C(=O)NCC(C)(C)C(=O)OC(CC(C)C)C(=O)O)cc1Cl.